The lowest BCUT2D eigenvalue weighted by Crippen LogP contribution is -2.11. The molecule has 0 heterocycles. The number of nitrogens with two attached hydrogens (primary N) is 1. The quantitative estimate of drug-likeness (QED) is 0.816. The lowest BCUT2D eigenvalue weighted by atomic mass is 9.86. The van der Waals surface area contributed by atoms with Crippen LogP contribution in [0.25, 0.3) is 5.57 Å². The van der Waals surface area contributed by atoms with Crippen LogP contribution in [-0.4, -0.2) is 6.54 Å². The van der Waals surface area contributed by atoms with Crippen LogP contribution in [0, 0.1) is 0 Å². The maximum absolute atomic E-state index is 5.71. The SMILES string of the molecule is CC1=C(CN)CCc2cc(Br)ccc21. The minimum Gasteiger partial charge on any atom is -0.327 e. The smallest absolute Gasteiger partial charge is 0.0178 e. The summed E-state index contributed by atoms with van der Waals surface area (Å²) in [6, 6.07) is 6.50. The van der Waals surface area contributed by atoms with Gasteiger partial charge in [0.05, 0.1) is 0 Å². The molecule has 0 unspecified atom stereocenters. The van der Waals surface area contributed by atoms with Crippen LogP contribution < -0.4 is 5.73 Å². The molecule has 0 atom stereocenters. The predicted molar refractivity (Wildman–Crippen MR) is 64.1 cm³/mol. The highest BCUT2D eigenvalue weighted by Gasteiger charge is 2.14. The number of fused-ring (bicyclic) bond motifs is 1. The molecule has 0 bridgehead atoms. The summed E-state index contributed by atoms with van der Waals surface area (Å²) in [4.78, 5) is 0. The molecule has 1 aromatic rings. The van der Waals surface area contributed by atoms with E-state index in [1.807, 2.05) is 0 Å². The van der Waals surface area contributed by atoms with Gasteiger partial charge in [-0.3, -0.25) is 0 Å². The maximum Gasteiger partial charge on any atom is 0.0178 e. The number of rotatable bonds is 1. The van der Waals surface area contributed by atoms with Crippen LogP contribution >= 0.6 is 15.9 Å². The Morgan fingerprint density at radius 3 is 2.86 bits per heavy atom. The molecule has 1 aliphatic carbocycles. The number of aryl methyl sites for hydroxylation is 1. The summed E-state index contributed by atoms with van der Waals surface area (Å²) in [7, 11) is 0. The standard InChI is InChI=1S/C12H14BrN/c1-8-10(7-14)3-2-9-6-11(13)4-5-12(8)9/h4-6H,2-3,7,14H2,1H3. The largest absolute Gasteiger partial charge is 0.327 e. The van der Waals surface area contributed by atoms with E-state index in [9.17, 15) is 0 Å². The van der Waals surface area contributed by atoms with Crippen LogP contribution in [0.2, 0.25) is 0 Å². The van der Waals surface area contributed by atoms with Crippen molar-refractivity contribution in [3.63, 3.8) is 0 Å². The third kappa shape index (κ3) is 1.64. The van der Waals surface area contributed by atoms with Gasteiger partial charge >= 0.3 is 0 Å². The van der Waals surface area contributed by atoms with E-state index in [4.69, 9.17) is 5.73 Å². The summed E-state index contributed by atoms with van der Waals surface area (Å²) in [5.41, 5.74) is 11.3. The third-order valence-electron chi connectivity index (χ3n) is 2.94. The summed E-state index contributed by atoms with van der Waals surface area (Å²) in [5.74, 6) is 0. The van der Waals surface area contributed by atoms with Crippen molar-refractivity contribution in [1.29, 1.82) is 0 Å². The Balaban J connectivity index is 2.52. The first-order valence-corrected chi connectivity index (χ1v) is 5.69. The van der Waals surface area contributed by atoms with Crippen molar-refractivity contribution in [2.24, 2.45) is 5.73 Å². The molecule has 1 aliphatic rings. The Labute approximate surface area is 93.1 Å². The summed E-state index contributed by atoms with van der Waals surface area (Å²) in [5, 5.41) is 0. The highest BCUT2D eigenvalue weighted by Crippen LogP contribution is 2.31. The van der Waals surface area contributed by atoms with Crippen molar-refractivity contribution < 1.29 is 0 Å². The minimum atomic E-state index is 0.696. The Morgan fingerprint density at radius 2 is 2.14 bits per heavy atom. The van der Waals surface area contributed by atoms with Crippen molar-refractivity contribution in [3.05, 3.63) is 39.4 Å². The zero-order chi connectivity index (χ0) is 10.1. The maximum atomic E-state index is 5.71. The second-order valence-electron chi connectivity index (χ2n) is 3.73. The van der Waals surface area contributed by atoms with Crippen molar-refractivity contribution in [1.82, 2.24) is 0 Å². The zero-order valence-corrected chi connectivity index (χ0v) is 9.89. The van der Waals surface area contributed by atoms with Gasteiger partial charge in [-0.15, -0.1) is 0 Å². The van der Waals surface area contributed by atoms with Gasteiger partial charge in [0, 0.05) is 11.0 Å². The Bertz CT molecular complexity index is 393. The van der Waals surface area contributed by atoms with Gasteiger partial charge in [-0.1, -0.05) is 27.6 Å². The van der Waals surface area contributed by atoms with E-state index in [0.717, 1.165) is 12.8 Å². The Kier molecular flexibility index (Phi) is 2.75. The minimum absolute atomic E-state index is 0.696. The molecule has 2 rings (SSSR count). The van der Waals surface area contributed by atoms with Crippen molar-refractivity contribution >= 4 is 21.5 Å². The van der Waals surface area contributed by atoms with Gasteiger partial charge in [-0.2, -0.15) is 0 Å². The average Bonchev–Trinajstić information content (AvgIpc) is 2.18. The molecule has 2 heteroatoms. The van der Waals surface area contributed by atoms with Gasteiger partial charge in [0.1, 0.15) is 0 Å². The van der Waals surface area contributed by atoms with Gasteiger partial charge < -0.3 is 5.73 Å². The number of hydrogen-bond donors (Lipinski definition) is 1. The van der Waals surface area contributed by atoms with E-state index >= 15 is 0 Å². The second-order valence-corrected chi connectivity index (χ2v) is 4.65. The number of halogens is 1. The monoisotopic (exact) mass is 251 g/mol. The molecular formula is C12H14BrN. The van der Waals surface area contributed by atoms with Crippen molar-refractivity contribution in [3.8, 4) is 0 Å². The summed E-state index contributed by atoms with van der Waals surface area (Å²) in [6.45, 7) is 2.87. The molecule has 0 spiro atoms. The fraction of sp³-hybridized carbons (Fsp3) is 0.333. The molecule has 1 nitrogen and oxygen atoms in total. The molecule has 0 saturated heterocycles. The lowest BCUT2D eigenvalue weighted by molar-refractivity contribution is 0.881. The van der Waals surface area contributed by atoms with Gasteiger partial charge in [-0.25, -0.2) is 0 Å². The first kappa shape index (κ1) is 9.94. The van der Waals surface area contributed by atoms with Crippen LogP contribution in [0.4, 0.5) is 0 Å². The number of allylic oxidation sites excluding steroid dienone is 1. The molecule has 0 radical (unpaired) electrons. The molecule has 2 N–H and O–H groups in total. The van der Waals surface area contributed by atoms with Crippen LogP contribution in [0.5, 0.6) is 0 Å². The van der Waals surface area contributed by atoms with Gasteiger partial charge in [-0.05, 0) is 48.6 Å². The first-order chi connectivity index (χ1) is 6.72. The molecule has 1 aromatic carbocycles. The zero-order valence-electron chi connectivity index (χ0n) is 8.31. The van der Waals surface area contributed by atoms with Gasteiger partial charge in [0.25, 0.3) is 0 Å². The fourth-order valence-electron chi connectivity index (χ4n) is 2.05. The van der Waals surface area contributed by atoms with E-state index in [1.165, 1.54) is 26.7 Å². The molecule has 0 fully saturated rings. The molecule has 74 valence electrons. The van der Waals surface area contributed by atoms with Crippen LogP contribution in [0.1, 0.15) is 24.5 Å². The highest BCUT2D eigenvalue weighted by atomic mass is 79.9. The van der Waals surface area contributed by atoms with Crippen LogP contribution in [0.3, 0.4) is 0 Å². The molecule has 0 aromatic heterocycles. The van der Waals surface area contributed by atoms with E-state index in [0.29, 0.717) is 6.54 Å². The normalized spacial score (nSPS) is 15.6. The van der Waals surface area contributed by atoms with E-state index in [1.54, 1.807) is 0 Å². The first-order valence-electron chi connectivity index (χ1n) is 4.90. The summed E-state index contributed by atoms with van der Waals surface area (Å²) < 4.78 is 1.17. The lowest BCUT2D eigenvalue weighted by Gasteiger charge is -2.20. The van der Waals surface area contributed by atoms with Crippen molar-refractivity contribution in [2.75, 3.05) is 6.54 Å². The average molecular weight is 252 g/mol. The molecule has 0 aliphatic heterocycles. The highest BCUT2D eigenvalue weighted by molar-refractivity contribution is 9.10. The van der Waals surface area contributed by atoms with E-state index < -0.39 is 0 Å². The Morgan fingerprint density at radius 1 is 1.36 bits per heavy atom. The topological polar surface area (TPSA) is 26.0 Å². The van der Waals surface area contributed by atoms with Gasteiger partial charge in [0.15, 0.2) is 0 Å². The number of benzene rings is 1. The molecule has 0 saturated carbocycles. The number of hydrogen-bond acceptors (Lipinski definition) is 1. The predicted octanol–water partition coefficient (Wildman–Crippen LogP) is 3.13. The van der Waals surface area contributed by atoms with E-state index in [2.05, 4.69) is 41.1 Å². The molecule has 14 heavy (non-hydrogen) atoms. The summed E-state index contributed by atoms with van der Waals surface area (Å²) >= 11 is 3.50. The second kappa shape index (κ2) is 3.87. The van der Waals surface area contributed by atoms with Crippen molar-refractivity contribution in [2.45, 2.75) is 19.8 Å². The fourth-order valence-corrected chi connectivity index (χ4v) is 2.46. The van der Waals surface area contributed by atoms with Gasteiger partial charge in [0.2, 0.25) is 0 Å². The van der Waals surface area contributed by atoms with Crippen LogP contribution in [-0.2, 0) is 6.42 Å². The van der Waals surface area contributed by atoms with E-state index in [-0.39, 0.29) is 0 Å². The molecule has 0 amide bonds. The Hall–Kier alpha value is -0.600. The van der Waals surface area contributed by atoms with Crippen LogP contribution in [0.15, 0.2) is 28.2 Å². The molecular weight excluding hydrogens is 238 g/mol. The summed E-state index contributed by atoms with van der Waals surface area (Å²) in [6.07, 6.45) is 2.24. The third-order valence-corrected chi connectivity index (χ3v) is 3.44.